The fourth-order valence-electron chi connectivity index (χ4n) is 4.17. The molecule has 2 heterocycles. The number of Topliss-reactive ketones (excluding diaryl/α,β-unsaturated/α-hetero) is 1. The number of nitrogens with zero attached hydrogens (tertiary/aromatic N) is 2. The summed E-state index contributed by atoms with van der Waals surface area (Å²) >= 11 is 0. The van der Waals surface area contributed by atoms with Crippen LogP contribution in [0.2, 0.25) is 0 Å². The molecule has 1 unspecified atom stereocenters. The molecule has 6 nitrogen and oxygen atoms in total. The third kappa shape index (κ3) is 4.57. The maximum atomic E-state index is 13.2. The minimum Gasteiger partial charge on any atom is -0.507 e. The van der Waals surface area contributed by atoms with Gasteiger partial charge >= 0.3 is 0 Å². The second-order valence-corrected chi connectivity index (χ2v) is 8.57. The summed E-state index contributed by atoms with van der Waals surface area (Å²) in [7, 11) is 0. The van der Waals surface area contributed by atoms with Gasteiger partial charge in [-0.1, -0.05) is 44.2 Å². The van der Waals surface area contributed by atoms with Crippen LogP contribution in [0.15, 0.2) is 78.6 Å². The summed E-state index contributed by atoms with van der Waals surface area (Å²) in [6, 6.07) is 17.6. The number of hydrogen-bond acceptors (Lipinski definition) is 5. The van der Waals surface area contributed by atoms with E-state index in [-0.39, 0.29) is 17.9 Å². The molecule has 0 radical (unpaired) electrons. The molecule has 4 rings (SSSR count). The van der Waals surface area contributed by atoms with E-state index in [1.807, 2.05) is 37.3 Å². The van der Waals surface area contributed by atoms with Crippen LogP contribution in [0.1, 0.15) is 55.0 Å². The highest BCUT2D eigenvalue weighted by molar-refractivity contribution is 6.46. The molecule has 1 N–H and O–H groups in total. The number of likely N-dealkylation sites (tertiary alicyclic amines) is 1. The molecule has 2 aromatic carbocycles. The first-order chi connectivity index (χ1) is 16.4. The Kier molecular flexibility index (Phi) is 6.77. The number of hydrogen-bond donors (Lipinski definition) is 1. The van der Waals surface area contributed by atoms with Crippen molar-refractivity contribution in [2.45, 2.75) is 39.3 Å². The molecular formula is C28H28N2O4. The van der Waals surface area contributed by atoms with Crippen molar-refractivity contribution < 1.29 is 19.4 Å². The monoisotopic (exact) mass is 456 g/mol. The molecule has 0 saturated carbocycles. The van der Waals surface area contributed by atoms with Crippen molar-refractivity contribution in [2.75, 3.05) is 6.61 Å². The van der Waals surface area contributed by atoms with E-state index in [0.717, 1.165) is 16.7 Å². The highest BCUT2D eigenvalue weighted by Gasteiger charge is 2.46. The molecule has 0 spiro atoms. The van der Waals surface area contributed by atoms with Crippen molar-refractivity contribution in [2.24, 2.45) is 0 Å². The van der Waals surface area contributed by atoms with Gasteiger partial charge in [0.2, 0.25) is 0 Å². The Morgan fingerprint density at radius 2 is 1.76 bits per heavy atom. The SMILES string of the molecule is CCOc1ccc(/C(O)=C2\C(=O)C(=O)N(Cc3cccnc3)C2c2ccc(C(C)C)cc2)cc1. The lowest BCUT2D eigenvalue weighted by molar-refractivity contribution is -0.140. The first-order valence-electron chi connectivity index (χ1n) is 11.4. The van der Waals surface area contributed by atoms with Crippen LogP contribution >= 0.6 is 0 Å². The number of carbonyl (C=O) groups excluding carboxylic acids is 2. The number of aromatic nitrogens is 1. The smallest absolute Gasteiger partial charge is 0.295 e. The van der Waals surface area contributed by atoms with Crippen molar-refractivity contribution in [3.8, 4) is 5.75 Å². The molecule has 1 fully saturated rings. The number of aliphatic hydroxyl groups is 1. The summed E-state index contributed by atoms with van der Waals surface area (Å²) in [5, 5.41) is 11.2. The predicted octanol–water partition coefficient (Wildman–Crippen LogP) is 5.23. The van der Waals surface area contributed by atoms with E-state index in [9.17, 15) is 14.7 Å². The number of benzene rings is 2. The minimum absolute atomic E-state index is 0.0790. The van der Waals surface area contributed by atoms with Crippen LogP contribution in [0.4, 0.5) is 0 Å². The maximum Gasteiger partial charge on any atom is 0.295 e. The van der Waals surface area contributed by atoms with Crippen LogP contribution in [-0.2, 0) is 16.1 Å². The number of aliphatic hydroxyl groups excluding tert-OH is 1. The zero-order valence-electron chi connectivity index (χ0n) is 19.6. The molecule has 0 aliphatic carbocycles. The van der Waals surface area contributed by atoms with Crippen LogP contribution in [0.3, 0.4) is 0 Å². The summed E-state index contributed by atoms with van der Waals surface area (Å²) < 4.78 is 5.48. The first kappa shape index (κ1) is 23.2. The van der Waals surface area contributed by atoms with Gasteiger partial charge in [0.05, 0.1) is 18.2 Å². The average molecular weight is 457 g/mol. The van der Waals surface area contributed by atoms with Crippen molar-refractivity contribution in [1.29, 1.82) is 0 Å². The molecule has 6 heteroatoms. The molecule has 1 saturated heterocycles. The predicted molar refractivity (Wildman–Crippen MR) is 130 cm³/mol. The van der Waals surface area contributed by atoms with Gasteiger partial charge in [0.1, 0.15) is 11.5 Å². The molecule has 174 valence electrons. The molecule has 0 bridgehead atoms. The second-order valence-electron chi connectivity index (χ2n) is 8.57. The largest absolute Gasteiger partial charge is 0.507 e. The van der Waals surface area contributed by atoms with E-state index < -0.39 is 17.7 Å². The number of pyridine rings is 1. The van der Waals surface area contributed by atoms with Crippen molar-refractivity contribution in [3.63, 3.8) is 0 Å². The van der Waals surface area contributed by atoms with Gasteiger partial charge in [-0.2, -0.15) is 0 Å². The molecule has 1 aromatic heterocycles. The molecule has 1 atom stereocenters. The van der Waals surface area contributed by atoms with E-state index >= 15 is 0 Å². The Morgan fingerprint density at radius 1 is 1.06 bits per heavy atom. The van der Waals surface area contributed by atoms with Gasteiger partial charge < -0.3 is 14.7 Å². The van der Waals surface area contributed by atoms with E-state index in [1.54, 1.807) is 42.7 Å². The summed E-state index contributed by atoms with van der Waals surface area (Å²) in [6.07, 6.45) is 3.33. The highest BCUT2D eigenvalue weighted by Crippen LogP contribution is 2.40. The van der Waals surface area contributed by atoms with Gasteiger partial charge in [0.15, 0.2) is 0 Å². The quantitative estimate of drug-likeness (QED) is 0.299. The lowest BCUT2D eigenvalue weighted by Gasteiger charge is -2.25. The molecule has 1 aliphatic heterocycles. The van der Waals surface area contributed by atoms with E-state index in [4.69, 9.17) is 4.74 Å². The van der Waals surface area contributed by atoms with Gasteiger partial charge in [-0.05, 0) is 59.9 Å². The standard InChI is InChI=1S/C28H28N2O4/c1-4-34-23-13-11-22(12-14-23)26(31)24-25(21-9-7-20(8-10-21)18(2)3)30(28(33)27(24)32)17-19-6-5-15-29-16-19/h5-16,18,25,31H,4,17H2,1-3H3/b26-24+. The second kappa shape index (κ2) is 9.91. The Labute approximate surface area is 199 Å². The molecular weight excluding hydrogens is 428 g/mol. The maximum absolute atomic E-state index is 13.2. The number of ketones is 1. The normalized spacial score (nSPS) is 17.4. The van der Waals surface area contributed by atoms with Crippen LogP contribution in [0.25, 0.3) is 5.76 Å². The zero-order valence-corrected chi connectivity index (χ0v) is 19.6. The average Bonchev–Trinajstić information content (AvgIpc) is 3.10. The molecule has 1 aliphatic rings. The van der Waals surface area contributed by atoms with Crippen molar-refractivity contribution >= 4 is 17.4 Å². The third-order valence-electron chi connectivity index (χ3n) is 5.97. The Bertz CT molecular complexity index is 1200. The Morgan fingerprint density at radius 3 is 2.35 bits per heavy atom. The first-order valence-corrected chi connectivity index (χ1v) is 11.4. The van der Waals surface area contributed by atoms with Crippen LogP contribution in [0.5, 0.6) is 5.75 Å². The van der Waals surface area contributed by atoms with Gasteiger partial charge in [0, 0.05) is 24.5 Å². The number of carbonyl (C=O) groups is 2. The van der Waals surface area contributed by atoms with Crippen LogP contribution in [-0.4, -0.2) is 33.3 Å². The fourth-order valence-corrected chi connectivity index (χ4v) is 4.17. The zero-order chi connectivity index (χ0) is 24.2. The van der Waals surface area contributed by atoms with Gasteiger partial charge in [-0.3, -0.25) is 14.6 Å². The molecule has 34 heavy (non-hydrogen) atoms. The highest BCUT2D eigenvalue weighted by atomic mass is 16.5. The third-order valence-corrected chi connectivity index (χ3v) is 5.97. The van der Waals surface area contributed by atoms with Crippen LogP contribution in [0, 0.1) is 0 Å². The Balaban J connectivity index is 1.81. The van der Waals surface area contributed by atoms with E-state index in [0.29, 0.717) is 23.8 Å². The lowest BCUT2D eigenvalue weighted by atomic mass is 9.93. The summed E-state index contributed by atoms with van der Waals surface area (Å²) in [5.41, 5.74) is 3.25. The topological polar surface area (TPSA) is 79.7 Å². The number of rotatable bonds is 7. The Hall–Kier alpha value is -3.93. The summed E-state index contributed by atoms with van der Waals surface area (Å²) in [5.74, 6) is -0.535. The minimum atomic E-state index is -0.715. The summed E-state index contributed by atoms with van der Waals surface area (Å²) in [6.45, 7) is 6.83. The number of ether oxygens (including phenoxy) is 1. The van der Waals surface area contributed by atoms with Gasteiger partial charge in [-0.15, -0.1) is 0 Å². The lowest BCUT2D eigenvalue weighted by Crippen LogP contribution is -2.29. The van der Waals surface area contributed by atoms with Crippen molar-refractivity contribution in [1.82, 2.24) is 9.88 Å². The fraction of sp³-hybridized carbons (Fsp3) is 0.250. The molecule has 1 amide bonds. The number of amides is 1. The van der Waals surface area contributed by atoms with E-state index in [2.05, 4.69) is 18.8 Å². The molecule has 3 aromatic rings. The van der Waals surface area contributed by atoms with Crippen molar-refractivity contribution in [3.05, 3.63) is 101 Å². The van der Waals surface area contributed by atoms with Crippen LogP contribution < -0.4 is 4.74 Å². The van der Waals surface area contributed by atoms with Gasteiger partial charge in [0.25, 0.3) is 11.7 Å². The summed E-state index contributed by atoms with van der Waals surface area (Å²) in [4.78, 5) is 32.0. The van der Waals surface area contributed by atoms with Gasteiger partial charge in [-0.25, -0.2) is 0 Å². The van der Waals surface area contributed by atoms with E-state index in [1.165, 1.54) is 4.90 Å².